The zero-order valence-electron chi connectivity index (χ0n) is 11.0. The first kappa shape index (κ1) is 13.4. The maximum Gasteiger partial charge on any atom is 0.303 e. The molecule has 1 aliphatic heterocycles. The molecule has 1 aromatic carbocycles. The summed E-state index contributed by atoms with van der Waals surface area (Å²) in [5, 5.41) is 9.58. The molecule has 0 bridgehead atoms. The molecule has 2 aliphatic rings. The molecule has 1 heterocycles. The van der Waals surface area contributed by atoms with Crippen molar-refractivity contribution in [3.05, 3.63) is 16.7 Å². The summed E-state index contributed by atoms with van der Waals surface area (Å²) in [5.74, 6) is 0.972. The molecule has 1 saturated carbocycles. The molecule has 0 aromatic heterocycles. The molecule has 1 N–H and O–H groups in total. The van der Waals surface area contributed by atoms with Gasteiger partial charge in [-0.05, 0) is 18.8 Å². The van der Waals surface area contributed by atoms with Gasteiger partial charge in [0.2, 0.25) is 6.79 Å². The Hall–Kier alpha value is -1.62. The van der Waals surface area contributed by atoms with Gasteiger partial charge in [0.25, 0.3) is 0 Å². The van der Waals surface area contributed by atoms with Crippen molar-refractivity contribution in [3.63, 3.8) is 0 Å². The van der Waals surface area contributed by atoms with E-state index in [2.05, 4.69) is 0 Å². The third-order valence-electron chi connectivity index (χ3n) is 3.77. The zero-order valence-corrected chi connectivity index (χ0v) is 11.8. The molecule has 1 unspecified atom stereocenters. The van der Waals surface area contributed by atoms with Crippen molar-refractivity contribution in [1.29, 1.82) is 0 Å². The monoisotopic (exact) mass is 298 g/mol. The second-order valence-electron chi connectivity index (χ2n) is 5.08. The molecule has 0 spiro atoms. The number of methoxy groups -OCH3 is 1. The summed E-state index contributed by atoms with van der Waals surface area (Å²) in [7, 11) is 1.53. The van der Waals surface area contributed by atoms with Crippen molar-refractivity contribution in [2.45, 2.75) is 25.2 Å². The molecule has 1 aromatic rings. The van der Waals surface area contributed by atoms with E-state index in [-0.39, 0.29) is 19.1 Å². The Kier molecular flexibility index (Phi) is 3.38. The summed E-state index contributed by atoms with van der Waals surface area (Å²) >= 11 is 6.21. The Balaban J connectivity index is 2.12. The average molecular weight is 299 g/mol. The predicted molar refractivity (Wildman–Crippen MR) is 71.8 cm³/mol. The minimum atomic E-state index is -0.836. The first-order chi connectivity index (χ1) is 9.61. The Morgan fingerprint density at radius 1 is 1.55 bits per heavy atom. The number of carbonyl (C=O) groups is 1. The van der Waals surface area contributed by atoms with Gasteiger partial charge in [0, 0.05) is 17.5 Å². The molecule has 6 heteroatoms. The number of carboxylic acids is 1. The smallest absolute Gasteiger partial charge is 0.303 e. The Morgan fingerprint density at radius 2 is 2.30 bits per heavy atom. The van der Waals surface area contributed by atoms with Gasteiger partial charge in [-0.25, -0.2) is 0 Å². The first-order valence-corrected chi connectivity index (χ1v) is 6.87. The van der Waals surface area contributed by atoms with Crippen molar-refractivity contribution in [3.8, 4) is 17.2 Å². The molecule has 0 saturated heterocycles. The van der Waals surface area contributed by atoms with Gasteiger partial charge < -0.3 is 19.3 Å². The molecular weight excluding hydrogens is 284 g/mol. The number of hydrogen-bond acceptors (Lipinski definition) is 4. The molecule has 108 valence electrons. The molecule has 5 nitrogen and oxygen atoms in total. The SMILES string of the molecule is COc1c(Cl)cc2c(c1C(CC(=O)O)C1CC1)OCO2. The number of aliphatic carboxylic acids is 1. The number of carboxylic acid groups (broad SMARTS) is 1. The summed E-state index contributed by atoms with van der Waals surface area (Å²) in [6.07, 6.45) is 2.07. The van der Waals surface area contributed by atoms with E-state index in [1.54, 1.807) is 6.07 Å². The van der Waals surface area contributed by atoms with Crippen LogP contribution in [0, 0.1) is 5.92 Å². The van der Waals surface area contributed by atoms with Crippen LogP contribution in [0.4, 0.5) is 0 Å². The van der Waals surface area contributed by atoms with Crippen LogP contribution in [0.2, 0.25) is 5.02 Å². The fourth-order valence-electron chi connectivity index (χ4n) is 2.75. The highest BCUT2D eigenvalue weighted by Gasteiger charge is 2.39. The average Bonchev–Trinajstić information content (AvgIpc) is 3.13. The molecular formula is C14H15ClO5. The molecule has 1 atom stereocenters. The Morgan fingerprint density at radius 3 is 2.90 bits per heavy atom. The van der Waals surface area contributed by atoms with Crippen LogP contribution in [-0.4, -0.2) is 25.0 Å². The van der Waals surface area contributed by atoms with Gasteiger partial charge in [0.15, 0.2) is 11.5 Å². The highest BCUT2D eigenvalue weighted by molar-refractivity contribution is 6.32. The standard InChI is InChI=1S/C14H15ClO5/c1-18-13-9(15)5-10-14(20-6-19-10)12(13)8(4-11(16)17)7-2-3-7/h5,7-8H,2-4,6H2,1H3,(H,16,17). The van der Waals surface area contributed by atoms with Crippen LogP contribution in [0.5, 0.6) is 17.2 Å². The van der Waals surface area contributed by atoms with Gasteiger partial charge in [0.05, 0.1) is 18.6 Å². The summed E-state index contributed by atoms with van der Waals surface area (Å²) < 4.78 is 16.3. The van der Waals surface area contributed by atoms with Crippen molar-refractivity contribution in [2.24, 2.45) is 5.92 Å². The highest BCUT2D eigenvalue weighted by atomic mass is 35.5. The lowest BCUT2D eigenvalue weighted by Crippen LogP contribution is -2.11. The summed E-state index contributed by atoms with van der Waals surface area (Å²) in [4.78, 5) is 11.2. The fourth-order valence-corrected chi connectivity index (χ4v) is 3.03. The topological polar surface area (TPSA) is 65.0 Å². The van der Waals surface area contributed by atoms with Crippen LogP contribution in [0.1, 0.15) is 30.7 Å². The second kappa shape index (κ2) is 5.05. The van der Waals surface area contributed by atoms with E-state index < -0.39 is 5.97 Å². The fraction of sp³-hybridized carbons (Fsp3) is 0.500. The molecule has 1 aliphatic carbocycles. The van der Waals surface area contributed by atoms with Gasteiger partial charge in [0.1, 0.15) is 5.75 Å². The van der Waals surface area contributed by atoms with Gasteiger partial charge >= 0.3 is 5.97 Å². The van der Waals surface area contributed by atoms with Crippen LogP contribution in [0.15, 0.2) is 6.07 Å². The third kappa shape index (κ3) is 2.26. The molecule has 3 rings (SSSR count). The summed E-state index contributed by atoms with van der Waals surface area (Å²) in [5.41, 5.74) is 0.734. The lowest BCUT2D eigenvalue weighted by Gasteiger charge is -2.20. The van der Waals surface area contributed by atoms with E-state index >= 15 is 0 Å². The van der Waals surface area contributed by atoms with Crippen LogP contribution >= 0.6 is 11.6 Å². The van der Waals surface area contributed by atoms with Crippen LogP contribution < -0.4 is 14.2 Å². The maximum atomic E-state index is 11.2. The lowest BCUT2D eigenvalue weighted by atomic mass is 9.89. The van der Waals surface area contributed by atoms with Gasteiger partial charge in [-0.1, -0.05) is 11.6 Å². The summed E-state index contributed by atoms with van der Waals surface area (Å²) in [6.45, 7) is 0.121. The normalized spacial score (nSPS) is 17.9. The molecule has 0 amide bonds. The summed E-state index contributed by atoms with van der Waals surface area (Å²) in [6, 6.07) is 1.65. The number of hydrogen-bond donors (Lipinski definition) is 1. The minimum Gasteiger partial charge on any atom is -0.495 e. The van der Waals surface area contributed by atoms with E-state index in [4.69, 9.17) is 30.9 Å². The number of halogens is 1. The van der Waals surface area contributed by atoms with E-state index in [9.17, 15) is 4.79 Å². The van der Waals surface area contributed by atoms with E-state index in [1.165, 1.54) is 7.11 Å². The van der Waals surface area contributed by atoms with Crippen LogP contribution in [0.25, 0.3) is 0 Å². The van der Waals surface area contributed by atoms with Crippen molar-refractivity contribution in [1.82, 2.24) is 0 Å². The minimum absolute atomic E-state index is 0.0389. The van der Waals surface area contributed by atoms with Crippen LogP contribution in [0.3, 0.4) is 0 Å². The molecule has 20 heavy (non-hydrogen) atoms. The van der Waals surface area contributed by atoms with E-state index in [0.29, 0.717) is 28.2 Å². The Labute approximate surface area is 121 Å². The van der Waals surface area contributed by atoms with Gasteiger partial charge in [-0.2, -0.15) is 0 Å². The zero-order chi connectivity index (χ0) is 14.3. The number of rotatable bonds is 5. The number of fused-ring (bicyclic) bond motifs is 1. The quantitative estimate of drug-likeness (QED) is 0.905. The van der Waals surface area contributed by atoms with E-state index in [0.717, 1.165) is 18.4 Å². The van der Waals surface area contributed by atoms with Gasteiger partial charge in [-0.3, -0.25) is 4.79 Å². The third-order valence-corrected chi connectivity index (χ3v) is 4.05. The van der Waals surface area contributed by atoms with Gasteiger partial charge in [-0.15, -0.1) is 0 Å². The molecule has 1 fully saturated rings. The van der Waals surface area contributed by atoms with Crippen LogP contribution in [-0.2, 0) is 4.79 Å². The highest BCUT2D eigenvalue weighted by Crippen LogP contribution is 2.55. The van der Waals surface area contributed by atoms with Crippen molar-refractivity contribution >= 4 is 17.6 Å². The van der Waals surface area contributed by atoms with E-state index in [1.807, 2.05) is 0 Å². The first-order valence-electron chi connectivity index (χ1n) is 6.49. The van der Waals surface area contributed by atoms with Crippen molar-refractivity contribution in [2.75, 3.05) is 13.9 Å². The second-order valence-corrected chi connectivity index (χ2v) is 5.49. The largest absolute Gasteiger partial charge is 0.495 e. The van der Waals surface area contributed by atoms with Crippen molar-refractivity contribution < 1.29 is 24.1 Å². The number of benzene rings is 1. The predicted octanol–water partition coefficient (Wildman–Crippen LogP) is 3.05. The Bertz CT molecular complexity index is 549. The maximum absolute atomic E-state index is 11.2. The number of ether oxygens (including phenoxy) is 3. The molecule has 0 radical (unpaired) electrons. The lowest BCUT2D eigenvalue weighted by molar-refractivity contribution is -0.137.